The molecule has 284 valence electrons. The second-order valence-corrected chi connectivity index (χ2v) is 15.7. The van der Waals surface area contributed by atoms with Gasteiger partial charge in [-0.15, -0.1) is 0 Å². The van der Waals surface area contributed by atoms with Crippen LogP contribution < -0.4 is 10.6 Å². The molecule has 1 aromatic carbocycles. The van der Waals surface area contributed by atoms with Crippen LogP contribution in [0.5, 0.6) is 0 Å². The fourth-order valence-electron chi connectivity index (χ4n) is 8.04. The number of rotatable bonds is 4. The molecule has 2 N–H and O–H groups in total. The number of Topliss-reactive ketones (excluding diaryl/α,β-unsaturated/α-hetero) is 1. The van der Waals surface area contributed by atoms with Crippen LogP contribution in [0.3, 0.4) is 0 Å². The van der Waals surface area contributed by atoms with E-state index in [2.05, 4.69) is 30.7 Å². The van der Waals surface area contributed by atoms with Crippen LogP contribution in [0.2, 0.25) is 0 Å². The summed E-state index contributed by atoms with van der Waals surface area (Å²) < 4.78 is 42.2. The summed E-state index contributed by atoms with van der Waals surface area (Å²) in [6.07, 6.45) is 3.13. The lowest BCUT2D eigenvalue weighted by atomic mass is 9.85. The lowest BCUT2D eigenvalue weighted by molar-refractivity contribution is -0.141. The van der Waals surface area contributed by atoms with Crippen molar-refractivity contribution in [2.24, 2.45) is 10.8 Å². The van der Waals surface area contributed by atoms with Gasteiger partial charge in [-0.05, 0) is 80.8 Å². The normalized spacial score (nSPS) is 23.1. The van der Waals surface area contributed by atoms with Gasteiger partial charge in [0.2, 0.25) is 17.7 Å². The van der Waals surface area contributed by atoms with Gasteiger partial charge in [0.05, 0.1) is 5.52 Å². The molecule has 1 saturated carbocycles. The summed E-state index contributed by atoms with van der Waals surface area (Å²) in [7, 11) is 0. The van der Waals surface area contributed by atoms with Crippen molar-refractivity contribution in [3.63, 3.8) is 0 Å². The van der Waals surface area contributed by atoms with Crippen molar-refractivity contribution in [2.45, 2.75) is 104 Å². The van der Waals surface area contributed by atoms with Crippen molar-refractivity contribution >= 4 is 40.2 Å². The first-order valence-electron chi connectivity index (χ1n) is 18.3. The predicted octanol–water partition coefficient (Wildman–Crippen LogP) is 5.98. The summed E-state index contributed by atoms with van der Waals surface area (Å²) >= 11 is 0. The number of ketones is 1. The van der Waals surface area contributed by atoms with Crippen LogP contribution in [0.25, 0.3) is 22.0 Å². The number of nitrogens with zero attached hydrogens (tertiary/aromatic N) is 6. The third-order valence-corrected chi connectivity index (χ3v) is 11.3. The highest BCUT2D eigenvalue weighted by molar-refractivity contribution is 6.07. The third kappa shape index (κ3) is 6.95. The summed E-state index contributed by atoms with van der Waals surface area (Å²) in [4.78, 5) is 69.0. The fourth-order valence-corrected chi connectivity index (χ4v) is 8.04. The largest absolute Gasteiger partial charge is 0.433 e. The van der Waals surface area contributed by atoms with E-state index >= 15 is 0 Å². The van der Waals surface area contributed by atoms with E-state index in [1.807, 2.05) is 26.0 Å². The van der Waals surface area contributed by atoms with Gasteiger partial charge < -0.3 is 15.5 Å². The van der Waals surface area contributed by atoms with E-state index in [1.54, 1.807) is 19.3 Å². The number of hydrogen-bond acceptors (Lipinski definition) is 8. The minimum Gasteiger partial charge on any atom is -0.355 e. The monoisotopic (exact) mass is 744 g/mol. The van der Waals surface area contributed by atoms with Crippen LogP contribution in [-0.2, 0) is 33.5 Å². The highest BCUT2D eigenvalue weighted by atomic mass is 19.4. The molecule has 0 spiro atoms. The maximum atomic E-state index is 14.5. The Morgan fingerprint density at radius 1 is 1.00 bits per heavy atom. The van der Waals surface area contributed by atoms with E-state index in [-0.39, 0.29) is 42.7 Å². The Morgan fingerprint density at radius 3 is 2.44 bits per heavy atom. The van der Waals surface area contributed by atoms with Gasteiger partial charge in [-0.25, -0.2) is 15.0 Å². The molecule has 4 aromatic rings. The smallest absolute Gasteiger partial charge is 0.355 e. The number of carbonyl (C=O) groups excluding carboxylic acids is 4. The number of aromatic nitrogens is 5. The molecule has 12 nitrogen and oxygen atoms in total. The summed E-state index contributed by atoms with van der Waals surface area (Å²) in [5, 5.41) is 10.9. The van der Waals surface area contributed by atoms with Crippen molar-refractivity contribution < 1.29 is 32.3 Å². The first kappa shape index (κ1) is 37.1. The predicted molar refractivity (Wildman–Crippen MR) is 193 cm³/mol. The molecule has 0 radical (unpaired) electrons. The Kier molecular flexibility index (Phi) is 9.33. The Labute approximate surface area is 310 Å². The van der Waals surface area contributed by atoms with E-state index in [1.165, 1.54) is 29.5 Å². The van der Waals surface area contributed by atoms with Crippen LogP contribution in [0.15, 0.2) is 36.7 Å². The van der Waals surface area contributed by atoms with Crippen LogP contribution in [-0.4, -0.2) is 71.8 Å². The van der Waals surface area contributed by atoms with Gasteiger partial charge in [-0.2, -0.15) is 18.3 Å². The molecule has 1 aliphatic carbocycles. The summed E-state index contributed by atoms with van der Waals surface area (Å²) in [6.45, 7) is 8.51. The number of pyridine rings is 1. The summed E-state index contributed by atoms with van der Waals surface area (Å²) in [5.41, 5.74) is 1.18. The molecule has 3 aliphatic rings. The molecule has 3 atom stereocenters. The van der Waals surface area contributed by atoms with Gasteiger partial charge >= 0.3 is 6.18 Å². The van der Waals surface area contributed by atoms with Crippen LogP contribution in [0.1, 0.15) is 92.4 Å². The zero-order valence-corrected chi connectivity index (χ0v) is 30.9. The van der Waals surface area contributed by atoms with Crippen molar-refractivity contribution in [1.29, 1.82) is 0 Å². The molecular formula is C39H43F3N8O4. The first-order valence-corrected chi connectivity index (χ1v) is 18.3. The summed E-state index contributed by atoms with van der Waals surface area (Å²) in [6, 6.07) is 4.49. The molecule has 3 amide bonds. The van der Waals surface area contributed by atoms with E-state index in [0.717, 1.165) is 42.0 Å². The van der Waals surface area contributed by atoms with E-state index in [0.29, 0.717) is 41.6 Å². The van der Waals surface area contributed by atoms with Crippen molar-refractivity contribution in [3.8, 4) is 11.1 Å². The molecule has 1 saturated heterocycles. The van der Waals surface area contributed by atoms with Gasteiger partial charge in [-0.3, -0.25) is 23.9 Å². The molecule has 0 unspecified atom stereocenters. The summed E-state index contributed by atoms with van der Waals surface area (Å²) in [5.74, 6) is -1.14. The number of aryl methyl sites for hydroxylation is 3. The number of amides is 3. The Hall–Kier alpha value is -5.21. The maximum absolute atomic E-state index is 14.5. The number of halogens is 3. The van der Waals surface area contributed by atoms with Gasteiger partial charge in [0.15, 0.2) is 5.78 Å². The fraction of sp³-hybridized carbons (Fsp3) is 0.487. The van der Waals surface area contributed by atoms with Gasteiger partial charge in [0, 0.05) is 53.7 Å². The van der Waals surface area contributed by atoms with Crippen molar-refractivity contribution in [1.82, 2.24) is 34.9 Å². The molecule has 7 rings (SSSR count). The molecule has 2 bridgehead atoms. The average Bonchev–Trinajstić information content (AvgIpc) is 3.52. The average molecular weight is 745 g/mol. The second kappa shape index (κ2) is 13.6. The molecule has 2 fully saturated rings. The highest BCUT2D eigenvalue weighted by Gasteiger charge is 2.67. The van der Waals surface area contributed by atoms with Crippen LogP contribution in [0, 0.1) is 24.7 Å². The van der Waals surface area contributed by atoms with Gasteiger partial charge in [0.25, 0.3) is 0 Å². The quantitative estimate of drug-likeness (QED) is 0.242. The van der Waals surface area contributed by atoms with Gasteiger partial charge in [0.1, 0.15) is 35.6 Å². The number of alkyl halides is 3. The molecular weight excluding hydrogens is 701 g/mol. The number of hydrogen-bond donors (Lipinski definition) is 2. The SMILES string of the molecule is CC(=O)c1nn2c3c(cc(-c4cnc(C)nc4)cc13)CCCCCC(C)(C)C(=O)NC[C@@]13C[C@@H](C(=O)Nc4nc(C(F)(F)F)ccc4C)N(C(=O)C2)[C@@H]1C3. The molecule has 15 heteroatoms. The first-order chi connectivity index (χ1) is 25.5. The molecule has 54 heavy (non-hydrogen) atoms. The van der Waals surface area contributed by atoms with Crippen molar-refractivity contribution in [3.05, 3.63) is 65.0 Å². The molecule has 2 aliphatic heterocycles. The minimum atomic E-state index is -4.72. The van der Waals surface area contributed by atoms with Crippen LogP contribution in [0.4, 0.5) is 19.0 Å². The number of benzene rings is 1. The lowest BCUT2D eigenvalue weighted by Crippen LogP contribution is -2.47. The highest BCUT2D eigenvalue weighted by Crippen LogP contribution is 2.59. The van der Waals surface area contributed by atoms with E-state index in [4.69, 9.17) is 0 Å². The van der Waals surface area contributed by atoms with Crippen LogP contribution >= 0.6 is 0 Å². The standard InChI is InChI=1S/C39H43F3N8O4/c1-21-10-11-29(39(40,41)42)46-34(21)47-35(53)28-15-38-16-30(38)50(28)31(52)19-49-33-24(9-7-6-8-12-37(4,5)36(54)45-20-38)13-25(26-17-43-23(3)44-18-26)14-27(33)32(48-49)22(2)51/h10-11,13-14,17-18,28,30H,6-9,12,15-16,19-20H2,1-5H3,(H,45,54)(H,46,47,53)/t28-,30+,38-/m0/s1. The second-order valence-electron chi connectivity index (χ2n) is 15.7. The van der Waals surface area contributed by atoms with E-state index in [9.17, 15) is 32.3 Å². The number of piperidine rings is 1. The Morgan fingerprint density at radius 2 is 1.74 bits per heavy atom. The van der Waals surface area contributed by atoms with Crippen molar-refractivity contribution in [2.75, 3.05) is 11.9 Å². The molecule has 5 heterocycles. The number of nitrogens with one attached hydrogen (secondary N) is 2. The number of carbonyl (C=O) groups is 4. The topological polar surface area (TPSA) is 152 Å². The Bertz CT molecular complexity index is 2180. The number of anilines is 1. The zero-order valence-electron chi connectivity index (χ0n) is 30.9. The minimum absolute atomic E-state index is 0.118. The lowest BCUT2D eigenvalue weighted by Gasteiger charge is -2.27. The van der Waals surface area contributed by atoms with Gasteiger partial charge in [-0.1, -0.05) is 32.8 Å². The zero-order chi connectivity index (χ0) is 38.7. The third-order valence-electron chi connectivity index (χ3n) is 11.3. The van der Waals surface area contributed by atoms with E-state index < -0.39 is 46.6 Å². The Balaban J connectivity index is 1.30. The molecule has 3 aromatic heterocycles. The maximum Gasteiger partial charge on any atom is 0.433 e.